The van der Waals surface area contributed by atoms with Crippen LogP contribution in [0.15, 0.2) is 6.07 Å². The van der Waals surface area contributed by atoms with E-state index in [0.29, 0.717) is 0 Å². The molecular weight excluding hydrogens is 266 g/mol. The van der Waals surface area contributed by atoms with Crippen LogP contribution in [-0.2, 0) is 7.05 Å². The monoisotopic (exact) mass is 289 g/mol. The van der Waals surface area contributed by atoms with Crippen LogP contribution in [0.1, 0.15) is 18.5 Å². The zero-order valence-electron chi connectivity index (χ0n) is 12.9. The van der Waals surface area contributed by atoms with Gasteiger partial charge in [-0.15, -0.1) is 5.10 Å². The Bertz CT molecular complexity index is 592. The van der Waals surface area contributed by atoms with Crippen LogP contribution in [0.3, 0.4) is 0 Å². The number of nitrogens with one attached hydrogen (secondary N) is 2. The van der Waals surface area contributed by atoms with Gasteiger partial charge in [0.2, 0.25) is 5.95 Å². The molecule has 3 heterocycles. The Morgan fingerprint density at radius 3 is 2.76 bits per heavy atom. The molecule has 1 aliphatic rings. The fraction of sp³-hybridized carbons (Fsp3) is 0.643. The molecule has 114 valence electrons. The summed E-state index contributed by atoms with van der Waals surface area (Å²) < 4.78 is 1.83. The van der Waals surface area contributed by atoms with Crippen molar-refractivity contribution < 1.29 is 0 Å². The van der Waals surface area contributed by atoms with Crippen LogP contribution in [0.25, 0.3) is 11.5 Å². The number of aryl methyl sites for hydroxylation is 2. The summed E-state index contributed by atoms with van der Waals surface area (Å²) in [7, 11) is 3.94. The van der Waals surface area contributed by atoms with E-state index in [1.807, 2.05) is 31.8 Å². The lowest BCUT2D eigenvalue weighted by molar-refractivity contribution is 0.391. The summed E-state index contributed by atoms with van der Waals surface area (Å²) in [5.41, 5.74) is 1.95. The Kier molecular flexibility index (Phi) is 3.92. The number of hydrogen-bond acceptors (Lipinski definition) is 5. The Balaban J connectivity index is 1.70. The van der Waals surface area contributed by atoms with E-state index < -0.39 is 0 Å². The highest BCUT2D eigenvalue weighted by molar-refractivity contribution is 5.52. The lowest BCUT2D eigenvalue weighted by Crippen LogP contribution is -2.37. The van der Waals surface area contributed by atoms with E-state index in [2.05, 4.69) is 30.5 Å². The first-order valence-electron chi connectivity index (χ1n) is 7.50. The fourth-order valence-electron chi connectivity index (χ4n) is 2.97. The molecule has 1 fully saturated rings. The maximum absolute atomic E-state index is 4.63. The average molecular weight is 289 g/mol. The van der Waals surface area contributed by atoms with Crippen molar-refractivity contribution >= 4 is 5.95 Å². The van der Waals surface area contributed by atoms with Gasteiger partial charge in [-0.2, -0.15) is 10.1 Å². The number of anilines is 1. The van der Waals surface area contributed by atoms with Gasteiger partial charge in [-0.3, -0.25) is 9.78 Å². The second kappa shape index (κ2) is 5.85. The van der Waals surface area contributed by atoms with Crippen molar-refractivity contribution in [2.24, 2.45) is 13.0 Å². The van der Waals surface area contributed by atoms with Gasteiger partial charge in [0.15, 0.2) is 5.82 Å². The van der Waals surface area contributed by atoms with Gasteiger partial charge in [-0.05, 0) is 45.3 Å². The van der Waals surface area contributed by atoms with Crippen molar-refractivity contribution in [1.82, 2.24) is 30.3 Å². The Morgan fingerprint density at radius 1 is 1.38 bits per heavy atom. The van der Waals surface area contributed by atoms with Gasteiger partial charge in [0.05, 0.1) is 5.69 Å². The number of piperidine rings is 1. The molecule has 0 spiro atoms. The lowest BCUT2D eigenvalue weighted by Gasteiger charge is -2.30. The van der Waals surface area contributed by atoms with Crippen molar-refractivity contribution in [1.29, 1.82) is 0 Å². The zero-order chi connectivity index (χ0) is 14.8. The van der Waals surface area contributed by atoms with Crippen LogP contribution in [0, 0.1) is 12.8 Å². The SMILES string of the molecule is CNCC1CCN(c2n[nH]c(-c3cc(C)nn3C)n2)CC1. The molecule has 0 atom stereocenters. The van der Waals surface area contributed by atoms with Gasteiger partial charge in [-0.1, -0.05) is 0 Å². The quantitative estimate of drug-likeness (QED) is 0.876. The predicted octanol–water partition coefficient (Wildman–Crippen LogP) is 0.949. The normalized spacial score (nSPS) is 16.6. The topological polar surface area (TPSA) is 74.7 Å². The fourth-order valence-corrected chi connectivity index (χ4v) is 2.97. The van der Waals surface area contributed by atoms with E-state index in [-0.39, 0.29) is 0 Å². The molecule has 7 nitrogen and oxygen atoms in total. The average Bonchev–Trinajstić information content (AvgIpc) is 3.06. The third-order valence-corrected chi connectivity index (χ3v) is 4.11. The molecule has 0 radical (unpaired) electrons. The minimum Gasteiger partial charge on any atom is -0.340 e. The standard InChI is InChI=1S/C14H23N7/c1-10-8-12(20(3)19-10)13-16-14(18-17-13)21-6-4-11(5-7-21)9-15-2/h8,11,15H,4-7,9H2,1-3H3,(H,16,17,18). The molecule has 0 unspecified atom stereocenters. The summed E-state index contributed by atoms with van der Waals surface area (Å²) in [6, 6.07) is 2.02. The van der Waals surface area contributed by atoms with Gasteiger partial charge in [0.1, 0.15) is 5.69 Å². The van der Waals surface area contributed by atoms with Gasteiger partial charge >= 0.3 is 0 Å². The van der Waals surface area contributed by atoms with Crippen molar-refractivity contribution in [2.75, 3.05) is 31.6 Å². The maximum atomic E-state index is 4.63. The van der Waals surface area contributed by atoms with E-state index in [0.717, 1.165) is 48.7 Å². The van der Waals surface area contributed by atoms with Crippen LogP contribution in [-0.4, -0.2) is 51.6 Å². The van der Waals surface area contributed by atoms with Crippen LogP contribution in [0.2, 0.25) is 0 Å². The number of nitrogens with zero attached hydrogens (tertiary/aromatic N) is 5. The van der Waals surface area contributed by atoms with Gasteiger partial charge in [0, 0.05) is 20.1 Å². The van der Waals surface area contributed by atoms with E-state index in [4.69, 9.17) is 0 Å². The molecule has 2 aromatic heterocycles. The van der Waals surface area contributed by atoms with Crippen molar-refractivity contribution in [2.45, 2.75) is 19.8 Å². The number of aromatic amines is 1. The van der Waals surface area contributed by atoms with Crippen LogP contribution in [0.4, 0.5) is 5.95 Å². The molecule has 0 aliphatic carbocycles. The molecule has 0 aromatic carbocycles. The summed E-state index contributed by atoms with van der Waals surface area (Å²) in [6.45, 7) is 5.12. The van der Waals surface area contributed by atoms with Crippen LogP contribution >= 0.6 is 0 Å². The van der Waals surface area contributed by atoms with Gasteiger partial charge < -0.3 is 10.2 Å². The second-order valence-corrected chi connectivity index (χ2v) is 5.77. The van der Waals surface area contributed by atoms with Crippen LogP contribution in [0.5, 0.6) is 0 Å². The summed E-state index contributed by atoms with van der Waals surface area (Å²) in [5.74, 6) is 2.35. The van der Waals surface area contributed by atoms with Crippen molar-refractivity contribution in [3.8, 4) is 11.5 Å². The summed E-state index contributed by atoms with van der Waals surface area (Å²) in [5, 5.41) is 15.0. The number of rotatable bonds is 4. The van der Waals surface area contributed by atoms with Gasteiger partial charge in [-0.25, -0.2) is 0 Å². The van der Waals surface area contributed by atoms with Gasteiger partial charge in [0.25, 0.3) is 0 Å². The molecule has 21 heavy (non-hydrogen) atoms. The number of aromatic nitrogens is 5. The Morgan fingerprint density at radius 2 is 2.14 bits per heavy atom. The zero-order valence-corrected chi connectivity index (χ0v) is 12.9. The van der Waals surface area contributed by atoms with E-state index in [1.54, 1.807) is 0 Å². The highest BCUT2D eigenvalue weighted by atomic mass is 15.4. The number of H-pyrrole nitrogens is 1. The third kappa shape index (κ3) is 2.92. The minimum absolute atomic E-state index is 0.768. The molecule has 1 saturated heterocycles. The smallest absolute Gasteiger partial charge is 0.245 e. The first-order chi connectivity index (χ1) is 10.2. The molecule has 1 aliphatic heterocycles. The highest BCUT2D eigenvalue weighted by Crippen LogP contribution is 2.22. The van der Waals surface area contributed by atoms with E-state index in [1.165, 1.54) is 12.8 Å². The molecule has 7 heteroatoms. The Labute approximate surface area is 124 Å². The third-order valence-electron chi connectivity index (χ3n) is 4.11. The molecule has 3 rings (SSSR count). The summed E-state index contributed by atoms with van der Waals surface area (Å²) >= 11 is 0. The minimum atomic E-state index is 0.768. The number of hydrogen-bond donors (Lipinski definition) is 2. The van der Waals surface area contributed by atoms with Crippen LogP contribution < -0.4 is 10.2 Å². The molecule has 2 N–H and O–H groups in total. The van der Waals surface area contributed by atoms with E-state index in [9.17, 15) is 0 Å². The first kappa shape index (κ1) is 14.1. The molecule has 0 bridgehead atoms. The summed E-state index contributed by atoms with van der Waals surface area (Å²) in [6.07, 6.45) is 2.38. The van der Waals surface area contributed by atoms with Crippen molar-refractivity contribution in [3.63, 3.8) is 0 Å². The lowest BCUT2D eigenvalue weighted by atomic mass is 9.97. The Hall–Kier alpha value is -1.89. The van der Waals surface area contributed by atoms with Crippen molar-refractivity contribution in [3.05, 3.63) is 11.8 Å². The molecule has 0 amide bonds. The molecule has 2 aromatic rings. The highest BCUT2D eigenvalue weighted by Gasteiger charge is 2.22. The maximum Gasteiger partial charge on any atom is 0.245 e. The molecular formula is C14H23N7. The second-order valence-electron chi connectivity index (χ2n) is 5.77. The summed E-state index contributed by atoms with van der Waals surface area (Å²) in [4.78, 5) is 6.89. The predicted molar refractivity (Wildman–Crippen MR) is 82.2 cm³/mol. The van der Waals surface area contributed by atoms with E-state index >= 15 is 0 Å². The first-order valence-corrected chi connectivity index (χ1v) is 7.50. The molecule has 0 saturated carbocycles. The largest absolute Gasteiger partial charge is 0.340 e.